The molecule has 1 aliphatic rings. The van der Waals surface area contributed by atoms with Gasteiger partial charge >= 0.3 is 0 Å². The third-order valence-electron chi connectivity index (χ3n) is 2.23. The second kappa shape index (κ2) is 4.70. The van der Waals surface area contributed by atoms with E-state index in [0.29, 0.717) is 12.8 Å². The maximum atomic E-state index is 5.38. The van der Waals surface area contributed by atoms with E-state index in [1.807, 2.05) is 7.05 Å². The summed E-state index contributed by atoms with van der Waals surface area (Å²) in [7, 11) is 4.07. The molecule has 0 aliphatic carbocycles. The van der Waals surface area contributed by atoms with Crippen LogP contribution >= 0.6 is 0 Å². The third kappa shape index (κ3) is 2.77. The first kappa shape index (κ1) is 8.97. The van der Waals surface area contributed by atoms with E-state index in [2.05, 4.69) is 17.3 Å². The summed E-state index contributed by atoms with van der Waals surface area (Å²) < 4.78 is 5.38. The lowest BCUT2D eigenvalue weighted by Crippen LogP contribution is -2.30. The zero-order chi connectivity index (χ0) is 8.10. The molecule has 1 fully saturated rings. The first-order valence-corrected chi connectivity index (χ1v) is 4.27. The van der Waals surface area contributed by atoms with Gasteiger partial charge in [-0.05, 0) is 33.5 Å². The van der Waals surface area contributed by atoms with Crippen LogP contribution in [0.5, 0.6) is 0 Å². The number of rotatable bonds is 4. The molecule has 1 N–H and O–H groups in total. The van der Waals surface area contributed by atoms with Crippen molar-refractivity contribution in [1.29, 1.82) is 0 Å². The Kier molecular flexibility index (Phi) is 3.83. The Morgan fingerprint density at radius 3 is 3.00 bits per heavy atom. The van der Waals surface area contributed by atoms with E-state index in [0.717, 1.165) is 6.61 Å². The van der Waals surface area contributed by atoms with Gasteiger partial charge in [0.1, 0.15) is 0 Å². The van der Waals surface area contributed by atoms with Gasteiger partial charge in [-0.1, -0.05) is 0 Å². The highest BCUT2D eigenvalue weighted by Crippen LogP contribution is 2.14. The quantitative estimate of drug-likeness (QED) is 0.469. The summed E-state index contributed by atoms with van der Waals surface area (Å²) in [5.41, 5.74) is 0. The van der Waals surface area contributed by atoms with Gasteiger partial charge in [0, 0.05) is 6.04 Å². The lowest BCUT2D eigenvalue weighted by atomic mass is 10.2. The molecule has 0 aromatic carbocycles. The fourth-order valence-corrected chi connectivity index (χ4v) is 1.49. The van der Waals surface area contributed by atoms with Crippen LogP contribution < -0.4 is 5.32 Å². The van der Waals surface area contributed by atoms with Gasteiger partial charge in [0.05, 0.1) is 13.3 Å². The van der Waals surface area contributed by atoms with Gasteiger partial charge in [0.15, 0.2) is 0 Å². The molecule has 0 aromatic heterocycles. The normalized spacial score (nSPS) is 26.2. The standard InChI is InChI=1S/C8H18N2O/c1-9-7-11-6-8-4-3-5-10(8)2/h8-9H,3-7H2,1-2H3/t8-/m0/s1. The number of hydrogen-bond acceptors (Lipinski definition) is 3. The molecule has 0 radical (unpaired) electrons. The monoisotopic (exact) mass is 158 g/mol. The van der Waals surface area contributed by atoms with E-state index in [4.69, 9.17) is 4.74 Å². The molecule has 0 unspecified atom stereocenters. The van der Waals surface area contributed by atoms with Crippen LogP contribution in [0.4, 0.5) is 0 Å². The summed E-state index contributed by atoms with van der Waals surface area (Å²) >= 11 is 0. The van der Waals surface area contributed by atoms with Crippen molar-refractivity contribution in [3.8, 4) is 0 Å². The van der Waals surface area contributed by atoms with Crippen LogP contribution in [-0.4, -0.2) is 44.9 Å². The predicted octanol–water partition coefficient (Wildman–Crippen LogP) is 0.274. The minimum atomic E-state index is 0.656. The van der Waals surface area contributed by atoms with E-state index < -0.39 is 0 Å². The average molecular weight is 158 g/mol. The van der Waals surface area contributed by atoms with Crippen LogP contribution in [-0.2, 0) is 4.74 Å². The smallest absolute Gasteiger partial charge is 0.0963 e. The topological polar surface area (TPSA) is 24.5 Å². The van der Waals surface area contributed by atoms with Crippen LogP contribution in [0.15, 0.2) is 0 Å². The molecular weight excluding hydrogens is 140 g/mol. The molecule has 1 atom stereocenters. The molecular formula is C8H18N2O. The Morgan fingerprint density at radius 2 is 2.45 bits per heavy atom. The van der Waals surface area contributed by atoms with Crippen molar-refractivity contribution in [2.45, 2.75) is 18.9 Å². The van der Waals surface area contributed by atoms with Crippen molar-refractivity contribution < 1.29 is 4.74 Å². The highest BCUT2D eigenvalue weighted by Gasteiger charge is 2.20. The van der Waals surface area contributed by atoms with Crippen molar-refractivity contribution in [1.82, 2.24) is 10.2 Å². The van der Waals surface area contributed by atoms with Crippen LogP contribution in [0.25, 0.3) is 0 Å². The number of ether oxygens (including phenoxy) is 1. The zero-order valence-corrected chi connectivity index (χ0v) is 7.47. The number of likely N-dealkylation sites (tertiary alicyclic amines) is 1. The molecule has 1 rings (SSSR count). The van der Waals surface area contributed by atoms with E-state index in [9.17, 15) is 0 Å². The van der Waals surface area contributed by atoms with Crippen LogP contribution in [0.1, 0.15) is 12.8 Å². The molecule has 0 amide bonds. The molecule has 0 saturated carbocycles. The Labute approximate surface area is 68.7 Å². The van der Waals surface area contributed by atoms with Crippen molar-refractivity contribution >= 4 is 0 Å². The van der Waals surface area contributed by atoms with Crippen LogP contribution in [0, 0.1) is 0 Å². The molecule has 11 heavy (non-hydrogen) atoms. The molecule has 1 aliphatic heterocycles. The second-order valence-electron chi connectivity index (χ2n) is 3.15. The molecule has 0 bridgehead atoms. The highest BCUT2D eigenvalue weighted by atomic mass is 16.5. The minimum absolute atomic E-state index is 0.656. The van der Waals surface area contributed by atoms with Gasteiger partial charge in [-0.3, -0.25) is 5.32 Å². The summed E-state index contributed by atoms with van der Waals surface area (Å²) in [6.45, 7) is 2.77. The summed E-state index contributed by atoms with van der Waals surface area (Å²) in [6.07, 6.45) is 2.62. The van der Waals surface area contributed by atoms with Gasteiger partial charge in [0.25, 0.3) is 0 Å². The summed E-state index contributed by atoms with van der Waals surface area (Å²) in [6, 6.07) is 0.656. The zero-order valence-electron chi connectivity index (χ0n) is 7.47. The number of hydrogen-bond donors (Lipinski definition) is 1. The SMILES string of the molecule is CNCOC[C@@H]1CCCN1C. The Bertz CT molecular complexity index is 108. The van der Waals surface area contributed by atoms with Gasteiger partial charge in [-0.15, -0.1) is 0 Å². The van der Waals surface area contributed by atoms with Gasteiger partial charge < -0.3 is 9.64 Å². The van der Waals surface area contributed by atoms with Crippen molar-refractivity contribution in [2.24, 2.45) is 0 Å². The average Bonchev–Trinajstić information content (AvgIpc) is 2.37. The molecule has 1 heterocycles. The fraction of sp³-hybridized carbons (Fsp3) is 1.00. The molecule has 1 saturated heterocycles. The number of likely N-dealkylation sites (N-methyl/N-ethyl adjacent to an activating group) is 1. The Balaban J connectivity index is 2.05. The summed E-state index contributed by atoms with van der Waals surface area (Å²) in [4.78, 5) is 2.37. The molecule has 3 heteroatoms. The summed E-state index contributed by atoms with van der Waals surface area (Å²) in [5, 5.41) is 2.97. The Morgan fingerprint density at radius 1 is 1.64 bits per heavy atom. The van der Waals surface area contributed by atoms with E-state index >= 15 is 0 Å². The van der Waals surface area contributed by atoms with E-state index in [1.54, 1.807) is 0 Å². The number of nitrogens with zero attached hydrogens (tertiary/aromatic N) is 1. The fourth-order valence-electron chi connectivity index (χ4n) is 1.49. The highest BCUT2D eigenvalue weighted by molar-refractivity contribution is 4.75. The van der Waals surface area contributed by atoms with E-state index in [1.165, 1.54) is 19.4 Å². The van der Waals surface area contributed by atoms with Gasteiger partial charge in [-0.25, -0.2) is 0 Å². The maximum absolute atomic E-state index is 5.38. The molecule has 0 spiro atoms. The molecule has 0 aromatic rings. The van der Waals surface area contributed by atoms with Crippen LogP contribution in [0.2, 0.25) is 0 Å². The van der Waals surface area contributed by atoms with Crippen molar-refractivity contribution in [3.05, 3.63) is 0 Å². The number of nitrogens with one attached hydrogen (secondary N) is 1. The maximum Gasteiger partial charge on any atom is 0.0963 e. The van der Waals surface area contributed by atoms with Gasteiger partial charge in [0.2, 0.25) is 0 Å². The van der Waals surface area contributed by atoms with Crippen molar-refractivity contribution in [3.63, 3.8) is 0 Å². The molecule has 3 nitrogen and oxygen atoms in total. The van der Waals surface area contributed by atoms with E-state index in [-0.39, 0.29) is 0 Å². The lowest BCUT2D eigenvalue weighted by Gasteiger charge is -2.18. The lowest BCUT2D eigenvalue weighted by molar-refractivity contribution is 0.0771. The first-order valence-electron chi connectivity index (χ1n) is 4.27. The second-order valence-corrected chi connectivity index (χ2v) is 3.15. The van der Waals surface area contributed by atoms with Gasteiger partial charge in [-0.2, -0.15) is 0 Å². The largest absolute Gasteiger partial charge is 0.365 e. The summed E-state index contributed by atoms with van der Waals surface area (Å²) in [5.74, 6) is 0. The van der Waals surface area contributed by atoms with Crippen LogP contribution in [0.3, 0.4) is 0 Å². The van der Waals surface area contributed by atoms with Crippen molar-refractivity contribution in [2.75, 3.05) is 34.0 Å². The predicted molar refractivity (Wildman–Crippen MR) is 45.5 cm³/mol. The first-order chi connectivity index (χ1) is 5.34. The minimum Gasteiger partial charge on any atom is -0.365 e. The molecule has 66 valence electrons. The Hall–Kier alpha value is -0.120. The third-order valence-corrected chi connectivity index (χ3v) is 2.23.